The molecule has 31 heavy (non-hydrogen) atoms. The number of nitrogens with zero attached hydrogens (tertiary/aromatic N) is 6. The van der Waals surface area contributed by atoms with Crippen molar-refractivity contribution in [2.45, 2.75) is 31.8 Å². The third-order valence-corrected chi connectivity index (χ3v) is 7.17. The molecule has 1 saturated heterocycles. The summed E-state index contributed by atoms with van der Waals surface area (Å²) in [5.41, 5.74) is 3.58. The van der Waals surface area contributed by atoms with Gasteiger partial charge < -0.3 is 14.8 Å². The number of aromatic nitrogens is 5. The van der Waals surface area contributed by atoms with Gasteiger partial charge in [0.25, 0.3) is 5.91 Å². The highest BCUT2D eigenvalue weighted by molar-refractivity contribution is 6.30. The Labute approximate surface area is 185 Å². The van der Waals surface area contributed by atoms with Crippen molar-refractivity contribution in [3.05, 3.63) is 58.5 Å². The first-order valence-electron chi connectivity index (χ1n) is 10.8. The van der Waals surface area contributed by atoms with Gasteiger partial charge in [0.05, 0.1) is 36.4 Å². The molecule has 6 rings (SSSR count). The predicted octanol–water partition coefficient (Wildman–Crippen LogP) is 2.59. The smallest absolute Gasteiger partial charge is 0.255 e. The van der Waals surface area contributed by atoms with Gasteiger partial charge in [-0.2, -0.15) is 5.10 Å². The average Bonchev–Trinajstić information content (AvgIpc) is 3.22. The molecule has 0 spiro atoms. The number of aryl methyl sites for hydroxylation is 1. The minimum Gasteiger partial charge on any atom is -0.356 e. The summed E-state index contributed by atoms with van der Waals surface area (Å²) in [6, 6.07) is 4.00. The molecule has 8 nitrogen and oxygen atoms in total. The van der Waals surface area contributed by atoms with E-state index in [4.69, 9.17) is 11.6 Å². The molecular weight excluding hydrogens is 414 g/mol. The third kappa shape index (κ3) is 3.39. The summed E-state index contributed by atoms with van der Waals surface area (Å²) in [5, 5.41) is 7.93. The predicted molar refractivity (Wildman–Crippen MR) is 116 cm³/mol. The van der Waals surface area contributed by atoms with Crippen LogP contribution in [0.4, 0.5) is 5.82 Å². The zero-order valence-corrected chi connectivity index (χ0v) is 18.1. The molecule has 3 aliphatic rings. The van der Waals surface area contributed by atoms with Crippen molar-refractivity contribution in [1.29, 1.82) is 0 Å². The first-order valence-corrected chi connectivity index (χ1v) is 11.2. The lowest BCUT2D eigenvalue weighted by molar-refractivity contribution is 0.0936. The fraction of sp³-hybridized carbons (Fsp3) is 0.455. The molecule has 3 aromatic heterocycles. The first kappa shape index (κ1) is 18.9. The molecule has 1 saturated carbocycles. The number of pyridine rings is 1. The van der Waals surface area contributed by atoms with Crippen LogP contribution in [0.1, 0.15) is 46.2 Å². The van der Waals surface area contributed by atoms with Gasteiger partial charge in [-0.05, 0) is 37.2 Å². The molecule has 1 N–H and O–H groups in total. The number of nitrogens with one attached hydrogen (secondary N) is 1. The normalized spacial score (nSPS) is 23.7. The minimum absolute atomic E-state index is 0.0464. The molecule has 0 bridgehead atoms. The Hall–Kier alpha value is -2.87. The van der Waals surface area contributed by atoms with Gasteiger partial charge in [0.15, 0.2) is 0 Å². The van der Waals surface area contributed by atoms with E-state index in [0.717, 1.165) is 54.8 Å². The van der Waals surface area contributed by atoms with E-state index >= 15 is 0 Å². The summed E-state index contributed by atoms with van der Waals surface area (Å²) in [6.45, 7) is 2.65. The molecular formula is C22H24ClN7O. The standard InChI is InChI=1S/C22H24ClN7O/c1-28-12-24-20-17(3-4-18(20)28)26-22(31)16-7-25-30(11-16)10-13-2-5-19(27-21(13)23)29-8-14-6-15(14)9-29/h2,5,7,11-12,14-15,17H,3-4,6,8-10H2,1H3,(H,26,31)/t14?,15?,17-/m1/s1. The number of carbonyl (C=O) groups is 1. The minimum atomic E-state index is -0.137. The molecule has 2 fully saturated rings. The Bertz CT molecular complexity index is 1160. The number of imidazole rings is 1. The second kappa shape index (κ2) is 7.09. The van der Waals surface area contributed by atoms with Crippen LogP contribution in [0.2, 0.25) is 5.15 Å². The first-order chi connectivity index (χ1) is 15.0. The van der Waals surface area contributed by atoms with Crippen LogP contribution < -0.4 is 10.2 Å². The number of amides is 1. The highest BCUT2D eigenvalue weighted by Gasteiger charge is 2.45. The fourth-order valence-corrected chi connectivity index (χ4v) is 5.15. The second-order valence-electron chi connectivity index (χ2n) is 8.96. The van der Waals surface area contributed by atoms with Crippen LogP contribution in [0.15, 0.2) is 30.9 Å². The Morgan fingerprint density at radius 3 is 2.94 bits per heavy atom. The van der Waals surface area contributed by atoms with Crippen molar-refractivity contribution in [2.75, 3.05) is 18.0 Å². The SMILES string of the molecule is Cn1cnc2c1CC[C@H]2NC(=O)c1cnn(Cc2ccc(N3CC4CC4C3)nc2Cl)c1. The number of hydrogen-bond acceptors (Lipinski definition) is 5. The van der Waals surface area contributed by atoms with E-state index in [0.29, 0.717) is 17.3 Å². The van der Waals surface area contributed by atoms with Gasteiger partial charge in [0.2, 0.25) is 0 Å². The van der Waals surface area contributed by atoms with Crippen molar-refractivity contribution < 1.29 is 4.79 Å². The van der Waals surface area contributed by atoms with E-state index in [9.17, 15) is 4.79 Å². The van der Waals surface area contributed by atoms with Gasteiger partial charge in [-0.25, -0.2) is 9.97 Å². The molecule has 2 unspecified atom stereocenters. The van der Waals surface area contributed by atoms with Gasteiger partial charge in [0, 0.05) is 37.6 Å². The van der Waals surface area contributed by atoms with E-state index in [1.54, 1.807) is 23.4 Å². The van der Waals surface area contributed by atoms with Crippen molar-refractivity contribution >= 4 is 23.3 Å². The average molecular weight is 438 g/mol. The summed E-state index contributed by atoms with van der Waals surface area (Å²) in [4.78, 5) is 24.1. The maximum absolute atomic E-state index is 12.7. The van der Waals surface area contributed by atoms with Gasteiger partial charge in [-0.3, -0.25) is 9.48 Å². The fourth-order valence-electron chi connectivity index (χ4n) is 4.94. The van der Waals surface area contributed by atoms with Gasteiger partial charge in [0.1, 0.15) is 11.0 Å². The van der Waals surface area contributed by atoms with Crippen LogP contribution in [0.3, 0.4) is 0 Å². The summed E-state index contributed by atoms with van der Waals surface area (Å²) >= 11 is 6.47. The number of anilines is 1. The molecule has 9 heteroatoms. The summed E-state index contributed by atoms with van der Waals surface area (Å²) in [7, 11) is 1.99. The van der Waals surface area contributed by atoms with Crippen LogP contribution in [-0.2, 0) is 20.0 Å². The van der Waals surface area contributed by atoms with Gasteiger partial charge in [-0.1, -0.05) is 17.7 Å². The van der Waals surface area contributed by atoms with Crippen molar-refractivity contribution in [3.8, 4) is 0 Å². The topological polar surface area (TPSA) is 80.9 Å². The van der Waals surface area contributed by atoms with Crippen LogP contribution in [0.25, 0.3) is 0 Å². The quantitative estimate of drug-likeness (QED) is 0.620. The molecule has 1 amide bonds. The molecule has 160 valence electrons. The van der Waals surface area contributed by atoms with E-state index in [1.165, 1.54) is 12.1 Å². The third-order valence-electron chi connectivity index (χ3n) is 6.84. The van der Waals surface area contributed by atoms with Gasteiger partial charge >= 0.3 is 0 Å². The summed E-state index contributed by atoms with van der Waals surface area (Å²) in [5.74, 6) is 2.51. The molecule has 1 aliphatic heterocycles. The van der Waals surface area contributed by atoms with Crippen molar-refractivity contribution in [3.63, 3.8) is 0 Å². The van der Waals surface area contributed by atoms with Crippen LogP contribution in [-0.4, -0.2) is 43.3 Å². The molecule has 0 aromatic carbocycles. The Morgan fingerprint density at radius 1 is 1.29 bits per heavy atom. The van der Waals surface area contributed by atoms with Crippen LogP contribution in [0.5, 0.6) is 0 Å². The number of carbonyl (C=O) groups excluding carboxylic acids is 1. The highest BCUT2D eigenvalue weighted by Crippen LogP contribution is 2.46. The number of hydrogen-bond donors (Lipinski definition) is 1. The molecule has 0 radical (unpaired) electrons. The van der Waals surface area contributed by atoms with E-state index < -0.39 is 0 Å². The molecule has 3 atom stereocenters. The Kier molecular flexibility index (Phi) is 4.31. The monoisotopic (exact) mass is 437 g/mol. The molecule has 2 aliphatic carbocycles. The van der Waals surface area contributed by atoms with Gasteiger partial charge in [-0.15, -0.1) is 0 Å². The maximum Gasteiger partial charge on any atom is 0.255 e. The lowest BCUT2D eigenvalue weighted by Gasteiger charge is -2.19. The number of rotatable bonds is 5. The largest absolute Gasteiger partial charge is 0.356 e. The Morgan fingerprint density at radius 2 is 2.13 bits per heavy atom. The van der Waals surface area contributed by atoms with Crippen LogP contribution in [0, 0.1) is 11.8 Å². The number of fused-ring (bicyclic) bond motifs is 2. The zero-order chi connectivity index (χ0) is 21.1. The molecule has 4 heterocycles. The summed E-state index contributed by atoms with van der Waals surface area (Å²) in [6.07, 6.45) is 8.31. The lowest BCUT2D eigenvalue weighted by atomic mass is 10.2. The number of halogens is 1. The number of piperidine rings is 1. The van der Waals surface area contributed by atoms with Crippen molar-refractivity contribution in [2.24, 2.45) is 18.9 Å². The second-order valence-corrected chi connectivity index (χ2v) is 9.32. The van der Waals surface area contributed by atoms with E-state index in [-0.39, 0.29) is 11.9 Å². The Balaban J connectivity index is 1.12. The highest BCUT2D eigenvalue weighted by atomic mass is 35.5. The summed E-state index contributed by atoms with van der Waals surface area (Å²) < 4.78 is 3.75. The maximum atomic E-state index is 12.7. The van der Waals surface area contributed by atoms with Crippen LogP contribution >= 0.6 is 11.6 Å². The lowest BCUT2D eigenvalue weighted by Crippen LogP contribution is -2.27. The zero-order valence-electron chi connectivity index (χ0n) is 17.3. The van der Waals surface area contributed by atoms with E-state index in [2.05, 4.69) is 25.3 Å². The molecule has 3 aromatic rings. The van der Waals surface area contributed by atoms with Crippen molar-refractivity contribution in [1.82, 2.24) is 29.6 Å². The van der Waals surface area contributed by atoms with E-state index in [1.807, 2.05) is 23.7 Å².